The lowest BCUT2D eigenvalue weighted by atomic mass is 9.77. The van der Waals surface area contributed by atoms with Crippen LogP contribution in [-0.2, 0) is 4.79 Å². The number of hydrogen-bond donors (Lipinski definition) is 3. The second kappa shape index (κ2) is 5.94. The fourth-order valence-electron chi connectivity index (χ4n) is 3.16. The van der Waals surface area contributed by atoms with Gasteiger partial charge in [-0.05, 0) is 18.4 Å². The molecule has 4 heteroatoms. The van der Waals surface area contributed by atoms with Crippen molar-refractivity contribution in [3.63, 3.8) is 0 Å². The molecule has 1 aromatic rings. The van der Waals surface area contributed by atoms with Crippen molar-refractivity contribution in [2.45, 2.75) is 37.3 Å². The van der Waals surface area contributed by atoms with Crippen LogP contribution >= 0.6 is 0 Å². The topological polar surface area (TPSA) is 61.4 Å². The number of carbonyl (C=O) groups is 1. The Bertz CT molecular complexity index is 459. The van der Waals surface area contributed by atoms with Crippen LogP contribution < -0.4 is 10.6 Å². The van der Waals surface area contributed by atoms with Gasteiger partial charge in [0.1, 0.15) is 0 Å². The van der Waals surface area contributed by atoms with Crippen LogP contribution in [0.15, 0.2) is 30.3 Å². The third kappa shape index (κ3) is 2.58. The Labute approximate surface area is 119 Å². The molecule has 0 radical (unpaired) electrons. The number of hydrogen-bond acceptors (Lipinski definition) is 3. The quantitative estimate of drug-likeness (QED) is 0.751. The summed E-state index contributed by atoms with van der Waals surface area (Å²) in [4.78, 5) is 11.9. The minimum Gasteiger partial charge on any atom is -0.395 e. The molecule has 0 bridgehead atoms. The second-order valence-electron chi connectivity index (χ2n) is 5.87. The summed E-state index contributed by atoms with van der Waals surface area (Å²) in [5.41, 5.74) is 1.23. The summed E-state index contributed by atoms with van der Waals surface area (Å²) in [6.45, 7) is 0.776. The molecule has 2 fully saturated rings. The zero-order valence-corrected chi connectivity index (χ0v) is 11.6. The average Bonchev–Trinajstić information content (AvgIpc) is 2.37. The number of benzene rings is 1. The standard InChI is InChI=1S/C16H22N2O2/c19-10-14-15(11-5-2-1-3-6-11)13(18-14)9-17-16(20)12-7-4-8-12/h1-3,5-6,12-15,18-19H,4,7-10H2,(H,17,20)/t13-,14-,15-/m0/s1. The lowest BCUT2D eigenvalue weighted by Crippen LogP contribution is -2.65. The van der Waals surface area contributed by atoms with Gasteiger partial charge in [0, 0.05) is 30.5 Å². The molecule has 1 amide bonds. The van der Waals surface area contributed by atoms with Gasteiger partial charge in [-0.15, -0.1) is 0 Å². The maximum atomic E-state index is 11.9. The number of aliphatic hydroxyl groups excluding tert-OH is 1. The molecular weight excluding hydrogens is 252 g/mol. The zero-order chi connectivity index (χ0) is 13.9. The van der Waals surface area contributed by atoms with Crippen molar-refractivity contribution in [1.82, 2.24) is 10.6 Å². The van der Waals surface area contributed by atoms with Crippen LogP contribution in [0, 0.1) is 5.92 Å². The number of rotatable bonds is 5. The third-order valence-corrected chi connectivity index (χ3v) is 4.65. The van der Waals surface area contributed by atoms with Crippen LogP contribution in [-0.4, -0.2) is 36.2 Å². The Morgan fingerprint density at radius 1 is 1.25 bits per heavy atom. The van der Waals surface area contributed by atoms with E-state index in [-0.39, 0.29) is 36.4 Å². The van der Waals surface area contributed by atoms with Crippen molar-refractivity contribution in [2.24, 2.45) is 5.92 Å². The molecule has 1 aliphatic heterocycles. The molecule has 3 rings (SSSR count). The van der Waals surface area contributed by atoms with Gasteiger partial charge in [-0.3, -0.25) is 4.79 Å². The molecule has 1 saturated heterocycles. The highest BCUT2D eigenvalue weighted by molar-refractivity contribution is 5.79. The van der Waals surface area contributed by atoms with E-state index in [2.05, 4.69) is 22.8 Å². The Hall–Kier alpha value is -1.39. The molecule has 1 aliphatic carbocycles. The van der Waals surface area contributed by atoms with Crippen LogP contribution in [0.3, 0.4) is 0 Å². The van der Waals surface area contributed by atoms with Gasteiger partial charge in [-0.2, -0.15) is 0 Å². The molecule has 3 N–H and O–H groups in total. The summed E-state index contributed by atoms with van der Waals surface area (Å²) in [6.07, 6.45) is 3.25. The fourth-order valence-corrected chi connectivity index (χ4v) is 3.16. The summed E-state index contributed by atoms with van der Waals surface area (Å²) in [6, 6.07) is 10.5. The van der Waals surface area contributed by atoms with Gasteiger partial charge in [0.05, 0.1) is 6.61 Å². The summed E-state index contributed by atoms with van der Waals surface area (Å²) >= 11 is 0. The molecule has 4 nitrogen and oxygen atoms in total. The Balaban J connectivity index is 1.57. The first-order valence-electron chi connectivity index (χ1n) is 7.49. The largest absolute Gasteiger partial charge is 0.395 e. The number of nitrogens with one attached hydrogen (secondary N) is 2. The van der Waals surface area contributed by atoms with E-state index in [0.717, 1.165) is 12.8 Å². The van der Waals surface area contributed by atoms with Crippen molar-refractivity contribution in [3.8, 4) is 0 Å². The molecule has 108 valence electrons. The predicted octanol–water partition coefficient (Wildman–Crippen LogP) is 1.02. The molecule has 0 aromatic heterocycles. The van der Waals surface area contributed by atoms with Crippen LogP contribution in [0.4, 0.5) is 0 Å². The highest BCUT2D eigenvalue weighted by atomic mass is 16.3. The van der Waals surface area contributed by atoms with Gasteiger partial charge >= 0.3 is 0 Å². The monoisotopic (exact) mass is 274 g/mol. The van der Waals surface area contributed by atoms with E-state index in [9.17, 15) is 9.90 Å². The van der Waals surface area contributed by atoms with E-state index in [4.69, 9.17) is 0 Å². The number of carbonyl (C=O) groups excluding carboxylic acids is 1. The Morgan fingerprint density at radius 3 is 2.60 bits per heavy atom. The minimum atomic E-state index is 0.100. The van der Waals surface area contributed by atoms with Crippen molar-refractivity contribution in [3.05, 3.63) is 35.9 Å². The van der Waals surface area contributed by atoms with E-state index < -0.39 is 0 Å². The molecule has 20 heavy (non-hydrogen) atoms. The van der Waals surface area contributed by atoms with Crippen molar-refractivity contribution in [1.29, 1.82) is 0 Å². The van der Waals surface area contributed by atoms with Crippen LogP contribution in [0.1, 0.15) is 30.7 Å². The zero-order valence-electron chi connectivity index (χ0n) is 11.6. The van der Waals surface area contributed by atoms with Crippen molar-refractivity contribution >= 4 is 5.91 Å². The lowest BCUT2D eigenvalue weighted by Gasteiger charge is -2.46. The third-order valence-electron chi connectivity index (χ3n) is 4.65. The van der Waals surface area contributed by atoms with Crippen molar-refractivity contribution in [2.75, 3.05) is 13.2 Å². The molecular formula is C16H22N2O2. The van der Waals surface area contributed by atoms with Gasteiger partial charge in [0.2, 0.25) is 5.91 Å². The molecule has 0 unspecified atom stereocenters. The summed E-state index contributed by atoms with van der Waals surface area (Å²) in [5, 5.41) is 15.8. The van der Waals surface area contributed by atoms with Crippen molar-refractivity contribution < 1.29 is 9.90 Å². The smallest absolute Gasteiger partial charge is 0.223 e. The van der Waals surface area contributed by atoms with Crippen LogP contribution in [0.25, 0.3) is 0 Å². The first-order chi connectivity index (χ1) is 9.79. The first kappa shape index (κ1) is 13.6. The summed E-state index contributed by atoms with van der Waals surface area (Å²) < 4.78 is 0. The Morgan fingerprint density at radius 2 is 2.00 bits per heavy atom. The van der Waals surface area contributed by atoms with E-state index in [1.54, 1.807) is 0 Å². The molecule has 3 atom stereocenters. The van der Waals surface area contributed by atoms with E-state index >= 15 is 0 Å². The number of amides is 1. The van der Waals surface area contributed by atoms with E-state index in [0.29, 0.717) is 6.54 Å². The molecule has 2 aliphatic rings. The van der Waals surface area contributed by atoms with Gasteiger partial charge < -0.3 is 15.7 Å². The summed E-state index contributed by atoms with van der Waals surface area (Å²) in [7, 11) is 0. The fraction of sp³-hybridized carbons (Fsp3) is 0.562. The predicted molar refractivity (Wildman–Crippen MR) is 77.3 cm³/mol. The average molecular weight is 274 g/mol. The lowest BCUT2D eigenvalue weighted by molar-refractivity contribution is -0.127. The van der Waals surface area contributed by atoms with Crippen LogP contribution in [0.5, 0.6) is 0 Å². The normalized spacial score (nSPS) is 29.4. The van der Waals surface area contributed by atoms with Gasteiger partial charge in [-0.25, -0.2) is 0 Å². The highest BCUT2D eigenvalue weighted by Gasteiger charge is 2.41. The second-order valence-corrected chi connectivity index (χ2v) is 5.87. The summed E-state index contributed by atoms with van der Waals surface area (Å²) in [5.74, 6) is 0.707. The molecule has 1 saturated carbocycles. The number of aliphatic hydroxyl groups is 1. The maximum Gasteiger partial charge on any atom is 0.223 e. The molecule has 1 heterocycles. The minimum absolute atomic E-state index is 0.100. The molecule has 1 aromatic carbocycles. The molecule has 0 spiro atoms. The van der Waals surface area contributed by atoms with E-state index in [1.165, 1.54) is 12.0 Å². The van der Waals surface area contributed by atoms with Gasteiger partial charge in [0.15, 0.2) is 0 Å². The SMILES string of the molecule is O=C(NC[C@@H]1N[C@@H](CO)[C@H]1c1ccccc1)C1CCC1. The van der Waals surface area contributed by atoms with Gasteiger partial charge in [0.25, 0.3) is 0 Å². The maximum absolute atomic E-state index is 11.9. The van der Waals surface area contributed by atoms with Gasteiger partial charge in [-0.1, -0.05) is 36.8 Å². The first-order valence-corrected chi connectivity index (χ1v) is 7.49. The highest BCUT2D eigenvalue weighted by Crippen LogP contribution is 2.32. The van der Waals surface area contributed by atoms with Crippen LogP contribution in [0.2, 0.25) is 0 Å². The van der Waals surface area contributed by atoms with E-state index in [1.807, 2.05) is 18.2 Å². The Kier molecular flexibility index (Phi) is 4.03.